The Morgan fingerprint density at radius 3 is 2.74 bits per heavy atom. The van der Waals surface area contributed by atoms with Gasteiger partial charge < -0.3 is 29.8 Å². The van der Waals surface area contributed by atoms with Crippen molar-refractivity contribution < 1.29 is 29.0 Å². The van der Waals surface area contributed by atoms with Gasteiger partial charge in [0.05, 0.1) is 30.5 Å². The van der Waals surface area contributed by atoms with Crippen LogP contribution in [0.2, 0.25) is 5.15 Å². The van der Waals surface area contributed by atoms with Crippen LogP contribution in [0.5, 0.6) is 5.75 Å². The number of piperidine rings is 1. The van der Waals surface area contributed by atoms with E-state index in [1.807, 2.05) is 6.92 Å². The summed E-state index contributed by atoms with van der Waals surface area (Å²) in [5, 5.41) is 12.3. The van der Waals surface area contributed by atoms with Gasteiger partial charge in [0.15, 0.2) is 11.0 Å². The molecule has 3 N–H and O–H groups in total. The summed E-state index contributed by atoms with van der Waals surface area (Å²) in [4.78, 5) is 45.1. The SMILES string of the molecule is CCc1[nH]c(C(=O)NC2CCN(C(=O)/C=C\c3ccc(C(=O)O)cc3OC)CC2OC)nc1Cl. The third-order valence-corrected chi connectivity index (χ3v) is 5.99. The monoisotopic (exact) mass is 490 g/mol. The van der Waals surface area contributed by atoms with Gasteiger partial charge in [-0.3, -0.25) is 9.59 Å². The Hall–Kier alpha value is -3.37. The summed E-state index contributed by atoms with van der Waals surface area (Å²) < 4.78 is 10.8. The van der Waals surface area contributed by atoms with E-state index in [2.05, 4.69) is 15.3 Å². The number of amides is 2. The van der Waals surface area contributed by atoms with Gasteiger partial charge in [0.1, 0.15) is 5.75 Å². The molecule has 1 saturated heterocycles. The van der Waals surface area contributed by atoms with E-state index in [1.54, 1.807) is 17.0 Å². The summed E-state index contributed by atoms with van der Waals surface area (Å²) in [5.41, 5.74) is 1.36. The van der Waals surface area contributed by atoms with E-state index in [-0.39, 0.29) is 34.4 Å². The number of likely N-dealkylation sites (tertiary alicyclic amines) is 1. The number of hydrogen-bond acceptors (Lipinski definition) is 6. The van der Waals surface area contributed by atoms with Gasteiger partial charge in [-0.25, -0.2) is 9.78 Å². The highest BCUT2D eigenvalue weighted by atomic mass is 35.5. The number of carboxylic acid groups (broad SMARTS) is 1. The second kappa shape index (κ2) is 11.2. The zero-order valence-electron chi connectivity index (χ0n) is 19.1. The zero-order chi connectivity index (χ0) is 24.8. The molecule has 1 aromatic carbocycles. The lowest BCUT2D eigenvalue weighted by Gasteiger charge is -2.37. The normalized spacial score (nSPS) is 18.2. The summed E-state index contributed by atoms with van der Waals surface area (Å²) in [6.07, 6.45) is 3.70. The summed E-state index contributed by atoms with van der Waals surface area (Å²) >= 11 is 6.02. The zero-order valence-corrected chi connectivity index (χ0v) is 19.9. The molecule has 1 aliphatic heterocycles. The number of aryl methyl sites for hydroxylation is 1. The number of halogens is 1. The van der Waals surface area contributed by atoms with Gasteiger partial charge in [0.25, 0.3) is 5.91 Å². The number of H-pyrrole nitrogens is 1. The predicted octanol–water partition coefficient (Wildman–Crippen LogP) is 2.39. The second-order valence-corrected chi connectivity index (χ2v) is 8.09. The molecule has 2 amide bonds. The van der Waals surface area contributed by atoms with Gasteiger partial charge in [-0.05, 0) is 31.1 Å². The van der Waals surface area contributed by atoms with Gasteiger partial charge in [-0.15, -0.1) is 0 Å². The number of aromatic carboxylic acids is 1. The van der Waals surface area contributed by atoms with E-state index in [4.69, 9.17) is 26.2 Å². The molecule has 2 unspecified atom stereocenters. The van der Waals surface area contributed by atoms with Crippen LogP contribution in [0.15, 0.2) is 24.3 Å². The van der Waals surface area contributed by atoms with E-state index in [1.165, 1.54) is 32.4 Å². The molecule has 34 heavy (non-hydrogen) atoms. The van der Waals surface area contributed by atoms with Gasteiger partial charge in [0, 0.05) is 31.8 Å². The number of carboxylic acids is 1. The molecule has 0 aliphatic carbocycles. The molecule has 11 heteroatoms. The number of imidazole rings is 1. The Kier molecular flexibility index (Phi) is 8.30. The molecular weight excluding hydrogens is 464 g/mol. The lowest BCUT2D eigenvalue weighted by atomic mass is 10.0. The van der Waals surface area contributed by atoms with Crippen molar-refractivity contribution in [1.82, 2.24) is 20.2 Å². The maximum Gasteiger partial charge on any atom is 0.335 e. The first-order valence-corrected chi connectivity index (χ1v) is 11.1. The Labute approximate surface area is 201 Å². The molecule has 1 aromatic heterocycles. The quantitative estimate of drug-likeness (QED) is 0.484. The molecule has 1 fully saturated rings. The minimum atomic E-state index is -1.06. The van der Waals surface area contributed by atoms with E-state index in [0.29, 0.717) is 42.9 Å². The Balaban J connectivity index is 1.63. The lowest BCUT2D eigenvalue weighted by molar-refractivity contribution is -0.130. The number of carbonyl (C=O) groups is 3. The first-order chi connectivity index (χ1) is 16.3. The van der Waals surface area contributed by atoms with Crippen molar-refractivity contribution in [2.45, 2.75) is 31.9 Å². The summed E-state index contributed by atoms with van der Waals surface area (Å²) in [6.45, 7) is 2.62. The fraction of sp³-hybridized carbons (Fsp3) is 0.391. The fourth-order valence-corrected chi connectivity index (χ4v) is 4.00. The number of aromatic nitrogens is 2. The van der Waals surface area contributed by atoms with Gasteiger partial charge in [0.2, 0.25) is 5.91 Å². The van der Waals surface area contributed by atoms with E-state index >= 15 is 0 Å². The number of carbonyl (C=O) groups excluding carboxylic acids is 2. The summed E-state index contributed by atoms with van der Waals surface area (Å²) in [7, 11) is 2.96. The third kappa shape index (κ3) is 5.75. The average Bonchev–Trinajstić information content (AvgIpc) is 3.23. The topological polar surface area (TPSA) is 134 Å². The first kappa shape index (κ1) is 25.3. The van der Waals surface area contributed by atoms with Crippen LogP contribution in [0.25, 0.3) is 6.08 Å². The number of benzene rings is 1. The van der Waals surface area contributed by atoms with E-state index < -0.39 is 12.1 Å². The van der Waals surface area contributed by atoms with Crippen molar-refractivity contribution in [2.24, 2.45) is 0 Å². The van der Waals surface area contributed by atoms with Crippen molar-refractivity contribution in [1.29, 1.82) is 0 Å². The molecule has 2 atom stereocenters. The van der Waals surface area contributed by atoms with Crippen LogP contribution in [0.3, 0.4) is 0 Å². The molecular formula is C23H27ClN4O6. The highest BCUT2D eigenvalue weighted by molar-refractivity contribution is 6.30. The van der Waals surface area contributed by atoms with Crippen LogP contribution < -0.4 is 10.1 Å². The Morgan fingerprint density at radius 1 is 1.35 bits per heavy atom. The number of nitrogens with zero attached hydrogens (tertiary/aromatic N) is 2. The van der Waals surface area contributed by atoms with Crippen LogP contribution in [0.4, 0.5) is 0 Å². The van der Waals surface area contributed by atoms with Crippen molar-refractivity contribution in [2.75, 3.05) is 27.3 Å². The minimum Gasteiger partial charge on any atom is -0.496 e. The second-order valence-electron chi connectivity index (χ2n) is 7.73. The Bertz CT molecular complexity index is 1100. The van der Waals surface area contributed by atoms with Crippen molar-refractivity contribution in [3.05, 3.63) is 52.1 Å². The van der Waals surface area contributed by atoms with Crippen molar-refractivity contribution in [3.8, 4) is 5.75 Å². The van der Waals surface area contributed by atoms with Crippen molar-refractivity contribution in [3.63, 3.8) is 0 Å². The van der Waals surface area contributed by atoms with Crippen LogP contribution in [0, 0.1) is 0 Å². The summed E-state index contributed by atoms with van der Waals surface area (Å²) in [5.74, 6) is -1.19. The molecule has 0 spiro atoms. The predicted molar refractivity (Wildman–Crippen MR) is 125 cm³/mol. The van der Waals surface area contributed by atoms with Crippen LogP contribution in [0.1, 0.15) is 45.6 Å². The highest BCUT2D eigenvalue weighted by Crippen LogP contribution is 2.22. The standard InChI is InChI=1S/C23H27ClN4O6/c1-4-15-20(24)27-21(25-15)22(30)26-16-9-10-28(12-18(16)34-3)19(29)8-7-13-5-6-14(23(31)32)11-17(13)33-2/h5-8,11,16,18H,4,9-10,12H2,1-3H3,(H,25,27)(H,26,30)(H,31,32)/b8-7-. The molecule has 3 rings (SSSR count). The smallest absolute Gasteiger partial charge is 0.335 e. The van der Waals surface area contributed by atoms with Gasteiger partial charge in [-0.2, -0.15) is 0 Å². The van der Waals surface area contributed by atoms with Crippen LogP contribution in [-0.2, 0) is 16.0 Å². The number of ether oxygens (including phenoxy) is 2. The van der Waals surface area contributed by atoms with Gasteiger partial charge in [-0.1, -0.05) is 24.6 Å². The lowest BCUT2D eigenvalue weighted by Crippen LogP contribution is -2.55. The fourth-order valence-electron chi connectivity index (χ4n) is 3.74. The van der Waals surface area contributed by atoms with E-state index in [9.17, 15) is 14.4 Å². The largest absolute Gasteiger partial charge is 0.496 e. The van der Waals surface area contributed by atoms with Crippen molar-refractivity contribution >= 4 is 35.5 Å². The molecule has 182 valence electrons. The molecule has 0 bridgehead atoms. The highest BCUT2D eigenvalue weighted by Gasteiger charge is 2.32. The van der Waals surface area contributed by atoms with Gasteiger partial charge >= 0.3 is 5.97 Å². The number of nitrogens with one attached hydrogen (secondary N) is 2. The molecule has 10 nitrogen and oxygen atoms in total. The molecule has 0 radical (unpaired) electrons. The maximum atomic E-state index is 12.8. The molecule has 2 aromatic rings. The molecule has 0 saturated carbocycles. The number of hydrogen-bond donors (Lipinski definition) is 3. The molecule has 2 heterocycles. The van der Waals surface area contributed by atoms with E-state index in [0.717, 1.165) is 0 Å². The average molecular weight is 491 g/mol. The maximum absolute atomic E-state index is 12.8. The molecule has 1 aliphatic rings. The third-order valence-electron chi connectivity index (χ3n) is 5.67. The van der Waals surface area contributed by atoms with Crippen LogP contribution >= 0.6 is 11.6 Å². The van der Waals surface area contributed by atoms with Crippen LogP contribution in [-0.4, -0.2) is 77.2 Å². The summed E-state index contributed by atoms with van der Waals surface area (Å²) in [6, 6.07) is 4.12. The number of methoxy groups -OCH3 is 2. The number of aromatic amines is 1. The Morgan fingerprint density at radius 2 is 2.12 bits per heavy atom. The number of rotatable bonds is 8. The minimum absolute atomic E-state index is 0.0927. The first-order valence-electron chi connectivity index (χ1n) is 10.7.